The number of nitrogens with zero attached hydrogens (tertiary/aromatic N) is 1. The molecule has 0 aliphatic heterocycles. The zero-order valence-corrected chi connectivity index (χ0v) is 13.2. The third kappa shape index (κ3) is 4.80. The van der Waals surface area contributed by atoms with Crippen molar-refractivity contribution in [2.75, 3.05) is 6.61 Å². The van der Waals surface area contributed by atoms with Gasteiger partial charge >= 0.3 is 6.09 Å². The van der Waals surface area contributed by atoms with Crippen LogP contribution in [0.5, 0.6) is 5.75 Å². The van der Waals surface area contributed by atoms with E-state index in [1.165, 1.54) is 12.1 Å². The Morgan fingerprint density at radius 2 is 2.09 bits per heavy atom. The minimum atomic E-state index is -0.813. The first-order valence-corrected chi connectivity index (χ1v) is 7.18. The summed E-state index contributed by atoms with van der Waals surface area (Å²) >= 11 is 0. The number of nitro groups is 1. The van der Waals surface area contributed by atoms with E-state index in [0.717, 1.165) is 6.07 Å². The van der Waals surface area contributed by atoms with Gasteiger partial charge < -0.3 is 14.8 Å². The molecule has 0 aromatic heterocycles. The second kappa shape index (κ2) is 6.02. The van der Waals surface area contributed by atoms with E-state index >= 15 is 0 Å². The van der Waals surface area contributed by atoms with Crippen molar-refractivity contribution >= 4 is 11.8 Å². The van der Waals surface area contributed by atoms with Crippen LogP contribution in [0.1, 0.15) is 33.6 Å². The summed E-state index contributed by atoms with van der Waals surface area (Å²) in [6, 6.07) is 3.17. The highest BCUT2D eigenvalue weighted by molar-refractivity contribution is 5.69. The average molecular weight is 326 g/mol. The number of non-ortho nitro benzene ring substituents is 1. The molecule has 0 saturated heterocycles. The molecule has 1 N–H and O–H groups in total. The van der Waals surface area contributed by atoms with E-state index in [4.69, 9.17) is 9.47 Å². The molecule has 2 rings (SSSR count). The van der Waals surface area contributed by atoms with E-state index in [1.807, 2.05) is 0 Å². The number of hydrogen-bond acceptors (Lipinski definition) is 5. The number of nitro benzene ring substituents is 1. The van der Waals surface area contributed by atoms with Crippen LogP contribution in [0.4, 0.5) is 14.9 Å². The molecule has 1 amide bonds. The first kappa shape index (κ1) is 17.0. The van der Waals surface area contributed by atoms with Crippen molar-refractivity contribution < 1.29 is 23.6 Å². The summed E-state index contributed by atoms with van der Waals surface area (Å²) in [6.45, 7) is 5.35. The van der Waals surface area contributed by atoms with Gasteiger partial charge in [-0.2, -0.15) is 0 Å². The number of benzene rings is 1. The monoisotopic (exact) mass is 326 g/mol. The minimum absolute atomic E-state index is 0.0704. The lowest BCUT2D eigenvalue weighted by molar-refractivity contribution is -0.385. The quantitative estimate of drug-likeness (QED) is 0.663. The number of carbonyl (C=O) groups is 1. The summed E-state index contributed by atoms with van der Waals surface area (Å²) < 4.78 is 24.3. The summed E-state index contributed by atoms with van der Waals surface area (Å²) in [4.78, 5) is 21.7. The van der Waals surface area contributed by atoms with Crippen LogP contribution in [-0.4, -0.2) is 28.8 Å². The third-order valence-electron chi connectivity index (χ3n) is 3.25. The van der Waals surface area contributed by atoms with Crippen molar-refractivity contribution in [2.45, 2.75) is 44.8 Å². The first-order valence-electron chi connectivity index (χ1n) is 7.18. The zero-order valence-electron chi connectivity index (χ0n) is 13.2. The van der Waals surface area contributed by atoms with Crippen LogP contribution in [0.15, 0.2) is 18.2 Å². The van der Waals surface area contributed by atoms with E-state index in [2.05, 4.69) is 5.32 Å². The number of ether oxygens (including phenoxy) is 2. The van der Waals surface area contributed by atoms with Gasteiger partial charge in [0.05, 0.1) is 16.5 Å². The fraction of sp³-hybridized carbons (Fsp3) is 0.533. The first-order chi connectivity index (χ1) is 10.6. The molecule has 0 radical (unpaired) electrons. The smallest absolute Gasteiger partial charge is 0.408 e. The SMILES string of the molecule is CC(C)(C)OC(=O)NC1(COc2ccc([N+](=O)[O-])cc2F)CC1. The van der Waals surface area contributed by atoms with Crippen LogP contribution in [0.3, 0.4) is 0 Å². The van der Waals surface area contributed by atoms with Gasteiger partial charge in [0.2, 0.25) is 0 Å². The Hall–Kier alpha value is -2.38. The second-order valence-electron chi connectivity index (χ2n) is 6.57. The fourth-order valence-corrected chi connectivity index (χ4v) is 1.91. The molecule has 126 valence electrons. The number of amides is 1. The zero-order chi connectivity index (χ0) is 17.3. The molecule has 23 heavy (non-hydrogen) atoms. The van der Waals surface area contributed by atoms with Gasteiger partial charge in [-0.25, -0.2) is 9.18 Å². The van der Waals surface area contributed by atoms with Crippen molar-refractivity contribution in [1.82, 2.24) is 5.32 Å². The molecule has 0 spiro atoms. The molecular formula is C15H19FN2O5. The number of halogens is 1. The molecule has 0 atom stereocenters. The molecule has 1 aliphatic carbocycles. The summed E-state index contributed by atoms with van der Waals surface area (Å²) in [7, 11) is 0. The molecule has 0 bridgehead atoms. The van der Waals surface area contributed by atoms with Gasteiger partial charge in [0, 0.05) is 6.07 Å². The van der Waals surface area contributed by atoms with Crippen LogP contribution >= 0.6 is 0 Å². The number of hydrogen-bond donors (Lipinski definition) is 1. The van der Waals surface area contributed by atoms with Gasteiger partial charge in [0.1, 0.15) is 12.2 Å². The van der Waals surface area contributed by atoms with Crippen LogP contribution in [-0.2, 0) is 4.74 Å². The molecule has 7 nitrogen and oxygen atoms in total. The van der Waals surface area contributed by atoms with Gasteiger partial charge in [-0.1, -0.05) is 0 Å². The van der Waals surface area contributed by atoms with E-state index in [-0.39, 0.29) is 18.0 Å². The highest BCUT2D eigenvalue weighted by Crippen LogP contribution is 2.36. The number of rotatable bonds is 5. The molecule has 8 heteroatoms. The van der Waals surface area contributed by atoms with Crippen LogP contribution in [0.2, 0.25) is 0 Å². The predicted octanol–water partition coefficient (Wildman–Crippen LogP) is 3.17. The Labute approximate surface area is 132 Å². The van der Waals surface area contributed by atoms with Crippen molar-refractivity contribution in [1.29, 1.82) is 0 Å². The summed E-state index contributed by atoms with van der Waals surface area (Å²) in [6.07, 6.45) is 0.838. The van der Waals surface area contributed by atoms with Crippen LogP contribution < -0.4 is 10.1 Å². The van der Waals surface area contributed by atoms with Crippen LogP contribution in [0.25, 0.3) is 0 Å². The van der Waals surface area contributed by atoms with Gasteiger partial charge in [-0.15, -0.1) is 0 Å². The lowest BCUT2D eigenvalue weighted by Crippen LogP contribution is -2.44. The Morgan fingerprint density at radius 1 is 1.43 bits per heavy atom. The van der Waals surface area contributed by atoms with Gasteiger partial charge in [0.15, 0.2) is 11.6 Å². The van der Waals surface area contributed by atoms with Crippen molar-refractivity contribution in [3.05, 3.63) is 34.1 Å². The molecule has 1 aromatic carbocycles. The largest absolute Gasteiger partial charge is 0.488 e. The summed E-state index contributed by atoms with van der Waals surface area (Å²) in [5.41, 5.74) is -1.52. The maximum Gasteiger partial charge on any atom is 0.408 e. The predicted molar refractivity (Wildman–Crippen MR) is 79.9 cm³/mol. The molecule has 1 aromatic rings. The summed E-state index contributed by atoms with van der Waals surface area (Å²) in [5, 5.41) is 13.3. The Kier molecular flexibility index (Phi) is 4.44. The molecule has 1 fully saturated rings. The third-order valence-corrected chi connectivity index (χ3v) is 3.25. The maximum absolute atomic E-state index is 13.7. The molecule has 0 heterocycles. The van der Waals surface area contributed by atoms with Crippen molar-refractivity contribution in [3.8, 4) is 5.75 Å². The average Bonchev–Trinajstić information content (AvgIpc) is 3.14. The van der Waals surface area contributed by atoms with E-state index in [9.17, 15) is 19.3 Å². The number of alkyl carbamates (subject to hydrolysis) is 1. The summed E-state index contributed by atoms with van der Waals surface area (Å²) in [5.74, 6) is -0.903. The number of nitrogens with one attached hydrogen (secondary N) is 1. The van der Waals surface area contributed by atoms with E-state index < -0.39 is 28.0 Å². The lowest BCUT2D eigenvalue weighted by atomic mass is 10.2. The topological polar surface area (TPSA) is 90.7 Å². The molecular weight excluding hydrogens is 307 g/mol. The lowest BCUT2D eigenvalue weighted by Gasteiger charge is -2.23. The molecule has 1 saturated carbocycles. The fourth-order valence-electron chi connectivity index (χ4n) is 1.91. The molecule has 0 unspecified atom stereocenters. The minimum Gasteiger partial charge on any atom is -0.488 e. The van der Waals surface area contributed by atoms with Gasteiger partial charge in [0.25, 0.3) is 5.69 Å². The standard InChI is InChI=1S/C15H19FN2O5/c1-14(2,3)23-13(19)17-15(6-7-15)9-22-12-5-4-10(18(20)21)8-11(12)16/h4-5,8H,6-7,9H2,1-3H3,(H,17,19). The highest BCUT2D eigenvalue weighted by Gasteiger charge is 2.46. The van der Waals surface area contributed by atoms with Crippen molar-refractivity contribution in [3.63, 3.8) is 0 Å². The molecule has 1 aliphatic rings. The normalized spacial score (nSPS) is 15.7. The Balaban J connectivity index is 1.93. The maximum atomic E-state index is 13.7. The Bertz CT molecular complexity index is 623. The van der Waals surface area contributed by atoms with Gasteiger partial charge in [-0.05, 0) is 39.7 Å². The van der Waals surface area contributed by atoms with Gasteiger partial charge in [-0.3, -0.25) is 10.1 Å². The highest BCUT2D eigenvalue weighted by atomic mass is 19.1. The number of carbonyl (C=O) groups excluding carboxylic acids is 1. The van der Waals surface area contributed by atoms with E-state index in [0.29, 0.717) is 12.8 Å². The second-order valence-corrected chi connectivity index (χ2v) is 6.57. The van der Waals surface area contributed by atoms with Crippen molar-refractivity contribution in [2.24, 2.45) is 0 Å². The Morgan fingerprint density at radius 3 is 2.57 bits per heavy atom. The van der Waals surface area contributed by atoms with E-state index in [1.54, 1.807) is 20.8 Å². The van der Waals surface area contributed by atoms with Crippen LogP contribution in [0, 0.1) is 15.9 Å².